The highest BCUT2D eigenvalue weighted by atomic mass is 32.1. The van der Waals surface area contributed by atoms with Crippen molar-refractivity contribution in [2.24, 2.45) is 5.92 Å². The van der Waals surface area contributed by atoms with Crippen LogP contribution in [0, 0.1) is 5.92 Å². The van der Waals surface area contributed by atoms with Crippen molar-refractivity contribution in [1.82, 2.24) is 15.5 Å². The molecule has 0 saturated carbocycles. The number of aromatic nitrogens is 2. The summed E-state index contributed by atoms with van der Waals surface area (Å²) in [4.78, 5) is 2.41. The van der Waals surface area contributed by atoms with Crippen molar-refractivity contribution >= 4 is 16.5 Å². The predicted octanol–water partition coefficient (Wildman–Crippen LogP) is 1.51. The molecule has 5 heteroatoms. The smallest absolute Gasteiger partial charge is 0.208 e. The third kappa shape index (κ3) is 2.06. The van der Waals surface area contributed by atoms with Gasteiger partial charge in [0.25, 0.3) is 0 Å². The standard InChI is InChI=1S/C11H18N4S/c1-4-10(12-5-1)9-3-2-6-15(7-9)11-14-13-8-16-11/h8-10,12H,1-7H2. The second-order valence-corrected chi connectivity index (χ2v) is 5.58. The molecule has 2 aliphatic rings. The summed E-state index contributed by atoms with van der Waals surface area (Å²) in [6.07, 6.45) is 5.37. The zero-order chi connectivity index (χ0) is 10.8. The lowest BCUT2D eigenvalue weighted by molar-refractivity contribution is 0.328. The highest BCUT2D eigenvalue weighted by Crippen LogP contribution is 2.28. The summed E-state index contributed by atoms with van der Waals surface area (Å²) in [5.74, 6) is 0.806. The summed E-state index contributed by atoms with van der Waals surface area (Å²) in [5.41, 5.74) is 1.83. The lowest BCUT2D eigenvalue weighted by Gasteiger charge is -2.35. The minimum atomic E-state index is 0.746. The highest BCUT2D eigenvalue weighted by molar-refractivity contribution is 7.13. The molecule has 0 radical (unpaired) electrons. The van der Waals surface area contributed by atoms with Gasteiger partial charge in [0.2, 0.25) is 5.13 Å². The van der Waals surface area contributed by atoms with Gasteiger partial charge in [-0.2, -0.15) is 0 Å². The van der Waals surface area contributed by atoms with E-state index in [2.05, 4.69) is 20.4 Å². The number of anilines is 1. The Morgan fingerprint density at radius 2 is 2.38 bits per heavy atom. The fourth-order valence-corrected chi connectivity index (χ4v) is 3.53. The van der Waals surface area contributed by atoms with Gasteiger partial charge >= 0.3 is 0 Å². The molecule has 2 unspecified atom stereocenters. The van der Waals surface area contributed by atoms with Crippen LogP contribution in [0.1, 0.15) is 25.7 Å². The molecular weight excluding hydrogens is 220 g/mol. The number of rotatable bonds is 2. The van der Waals surface area contributed by atoms with E-state index in [4.69, 9.17) is 0 Å². The topological polar surface area (TPSA) is 41.1 Å². The average Bonchev–Trinajstić information content (AvgIpc) is 3.03. The second-order valence-electron chi connectivity index (χ2n) is 4.77. The average molecular weight is 238 g/mol. The molecule has 0 aliphatic carbocycles. The highest BCUT2D eigenvalue weighted by Gasteiger charge is 2.29. The summed E-state index contributed by atoms with van der Waals surface area (Å²) in [7, 11) is 0. The van der Waals surface area contributed by atoms with Gasteiger partial charge in [-0.3, -0.25) is 0 Å². The number of hydrogen-bond donors (Lipinski definition) is 1. The largest absolute Gasteiger partial charge is 0.346 e. The van der Waals surface area contributed by atoms with Crippen LogP contribution < -0.4 is 10.2 Å². The van der Waals surface area contributed by atoms with Crippen LogP contribution in [0.5, 0.6) is 0 Å². The molecule has 4 nitrogen and oxygen atoms in total. The molecule has 2 saturated heterocycles. The molecule has 1 N–H and O–H groups in total. The number of hydrogen-bond acceptors (Lipinski definition) is 5. The first-order valence-electron chi connectivity index (χ1n) is 6.18. The molecule has 88 valence electrons. The first-order valence-corrected chi connectivity index (χ1v) is 7.06. The van der Waals surface area contributed by atoms with Crippen molar-refractivity contribution in [3.8, 4) is 0 Å². The van der Waals surface area contributed by atoms with Crippen LogP contribution >= 0.6 is 11.3 Å². The van der Waals surface area contributed by atoms with Gasteiger partial charge in [0, 0.05) is 19.1 Å². The Balaban J connectivity index is 1.65. The van der Waals surface area contributed by atoms with E-state index in [9.17, 15) is 0 Å². The van der Waals surface area contributed by atoms with Crippen molar-refractivity contribution in [2.75, 3.05) is 24.5 Å². The van der Waals surface area contributed by atoms with Gasteiger partial charge in [0.1, 0.15) is 5.51 Å². The van der Waals surface area contributed by atoms with Crippen LogP contribution in [-0.2, 0) is 0 Å². The Labute approximate surface area is 100 Å². The van der Waals surface area contributed by atoms with E-state index in [0.717, 1.165) is 30.2 Å². The summed E-state index contributed by atoms with van der Waals surface area (Å²) in [6, 6.07) is 0.746. The molecule has 3 rings (SSSR count). The molecule has 1 aromatic rings. The van der Waals surface area contributed by atoms with E-state index in [1.165, 1.54) is 32.2 Å². The predicted molar refractivity (Wildman–Crippen MR) is 65.9 cm³/mol. The molecule has 2 aliphatic heterocycles. The summed E-state index contributed by atoms with van der Waals surface area (Å²) < 4.78 is 0. The summed E-state index contributed by atoms with van der Waals surface area (Å²) in [5, 5.41) is 12.8. The molecule has 16 heavy (non-hydrogen) atoms. The van der Waals surface area contributed by atoms with Crippen LogP contribution in [0.25, 0.3) is 0 Å². The quantitative estimate of drug-likeness (QED) is 0.848. The van der Waals surface area contributed by atoms with E-state index in [0.29, 0.717) is 0 Å². The van der Waals surface area contributed by atoms with Gasteiger partial charge in [-0.1, -0.05) is 11.3 Å². The number of piperidine rings is 1. The fraction of sp³-hybridized carbons (Fsp3) is 0.818. The molecule has 0 aromatic carbocycles. The van der Waals surface area contributed by atoms with Gasteiger partial charge < -0.3 is 10.2 Å². The van der Waals surface area contributed by atoms with Crippen molar-refractivity contribution in [2.45, 2.75) is 31.7 Å². The molecule has 2 atom stereocenters. The lowest BCUT2D eigenvalue weighted by Crippen LogP contribution is -2.43. The molecule has 0 bridgehead atoms. The van der Waals surface area contributed by atoms with Crippen molar-refractivity contribution in [1.29, 1.82) is 0 Å². The van der Waals surface area contributed by atoms with E-state index in [1.807, 2.05) is 5.51 Å². The maximum atomic E-state index is 4.18. The molecule has 0 spiro atoms. The van der Waals surface area contributed by atoms with Gasteiger partial charge in [0.15, 0.2) is 0 Å². The second kappa shape index (κ2) is 4.67. The third-order valence-electron chi connectivity index (χ3n) is 3.74. The molecule has 3 heterocycles. The van der Waals surface area contributed by atoms with E-state index in [1.54, 1.807) is 11.3 Å². The molecule has 1 aromatic heterocycles. The molecule has 2 fully saturated rings. The van der Waals surface area contributed by atoms with E-state index < -0.39 is 0 Å². The first kappa shape index (κ1) is 10.5. The van der Waals surface area contributed by atoms with Crippen LogP contribution in [0.15, 0.2) is 5.51 Å². The fourth-order valence-electron chi connectivity index (χ4n) is 2.93. The zero-order valence-corrected chi connectivity index (χ0v) is 10.2. The van der Waals surface area contributed by atoms with Crippen molar-refractivity contribution in [3.05, 3.63) is 5.51 Å². The SMILES string of the molecule is c1nnc(N2CCCC(C3CCCN3)C2)s1. The van der Waals surface area contributed by atoms with E-state index >= 15 is 0 Å². The van der Waals surface area contributed by atoms with Crippen LogP contribution in [0.2, 0.25) is 0 Å². The Bertz CT molecular complexity index is 321. The minimum absolute atomic E-state index is 0.746. The van der Waals surface area contributed by atoms with Crippen LogP contribution in [-0.4, -0.2) is 35.9 Å². The van der Waals surface area contributed by atoms with Gasteiger partial charge in [-0.15, -0.1) is 10.2 Å². The minimum Gasteiger partial charge on any atom is -0.346 e. The maximum Gasteiger partial charge on any atom is 0.208 e. The third-order valence-corrected chi connectivity index (χ3v) is 4.49. The Kier molecular flexibility index (Phi) is 3.06. The maximum absolute atomic E-state index is 4.18. The van der Waals surface area contributed by atoms with Crippen molar-refractivity contribution in [3.63, 3.8) is 0 Å². The van der Waals surface area contributed by atoms with Gasteiger partial charge in [0.05, 0.1) is 0 Å². The summed E-state index contributed by atoms with van der Waals surface area (Å²) in [6.45, 7) is 3.52. The van der Waals surface area contributed by atoms with Crippen LogP contribution in [0.4, 0.5) is 5.13 Å². The van der Waals surface area contributed by atoms with Crippen molar-refractivity contribution < 1.29 is 0 Å². The monoisotopic (exact) mass is 238 g/mol. The number of nitrogens with one attached hydrogen (secondary N) is 1. The Morgan fingerprint density at radius 3 is 3.12 bits per heavy atom. The lowest BCUT2D eigenvalue weighted by atomic mass is 9.90. The zero-order valence-electron chi connectivity index (χ0n) is 9.43. The normalized spacial score (nSPS) is 30.9. The first-order chi connectivity index (χ1) is 7.93. The Morgan fingerprint density at radius 1 is 1.38 bits per heavy atom. The molecule has 0 amide bonds. The number of nitrogens with zero attached hydrogens (tertiary/aromatic N) is 3. The van der Waals surface area contributed by atoms with E-state index in [-0.39, 0.29) is 0 Å². The van der Waals surface area contributed by atoms with Gasteiger partial charge in [-0.25, -0.2) is 0 Å². The van der Waals surface area contributed by atoms with Crippen LogP contribution in [0.3, 0.4) is 0 Å². The Hall–Kier alpha value is -0.680. The summed E-state index contributed by atoms with van der Waals surface area (Å²) >= 11 is 1.66. The molecular formula is C11H18N4S. The van der Waals surface area contributed by atoms with Gasteiger partial charge in [-0.05, 0) is 38.1 Å².